The van der Waals surface area contributed by atoms with Crippen molar-refractivity contribution < 1.29 is 24.2 Å². The molecule has 0 unspecified atom stereocenters. The first kappa shape index (κ1) is 24.5. The summed E-state index contributed by atoms with van der Waals surface area (Å²) in [4.78, 5) is 35.3. The van der Waals surface area contributed by atoms with Crippen LogP contribution in [0.4, 0.5) is 10.5 Å². The van der Waals surface area contributed by atoms with Crippen molar-refractivity contribution in [2.45, 2.75) is 25.5 Å². The fraction of sp³-hybridized carbons (Fsp3) is 0.192. The first-order valence-corrected chi connectivity index (χ1v) is 10.9. The standard InChI is InChI=1S/C26H27N3O5/c27-23(10-5-15-28-26(33)34-17-18-6-2-1-3-7-18)24(30)29-22-13-11-19(12-14-22)20-8-4-9-21(16-20)25(31)32/h1-4,6-9,11-14,16,23H,5,10,15,17,27H2,(H,28,33)(H,29,30)(H,31,32)/t23-/m0/s1. The minimum Gasteiger partial charge on any atom is -0.478 e. The Labute approximate surface area is 197 Å². The first-order chi connectivity index (χ1) is 16.4. The van der Waals surface area contributed by atoms with Gasteiger partial charge in [0.15, 0.2) is 0 Å². The van der Waals surface area contributed by atoms with Gasteiger partial charge >= 0.3 is 12.1 Å². The van der Waals surface area contributed by atoms with E-state index < -0.39 is 18.1 Å². The SMILES string of the molecule is N[C@@H](CCCNC(=O)OCc1ccccc1)C(=O)Nc1ccc(-c2cccc(C(=O)O)c2)cc1. The second-order valence-corrected chi connectivity index (χ2v) is 7.69. The Morgan fingerprint density at radius 1 is 0.912 bits per heavy atom. The van der Waals surface area contributed by atoms with E-state index in [4.69, 9.17) is 15.6 Å². The number of carbonyl (C=O) groups is 3. The van der Waals surface area contributed by atoms with Crippen LogP contribution in [0.3, 0.4) is 0 Å². The van der Waals surface area contributed by atoms with E-state index in [0.29, 0.717) is 25.1 Å². The van der Waals surface area contributed by atoms with E-state index in [1.165, 1.54) is 6.07 Å². The average Bonchev–Trinajstić information content (AvgIpc) is 2.86. The number of rotatable bonds is 10. The van der Waals surface area contributed by atoms with Crippen LogP contribution in [0.1, 0.15) is 28.8 Å². The number of nitrogens with one attached hydrogen (secondary N) is 2. The number of amides is 2. The van der Waals surface area contributed by atoms with Crippen LogP contribution in [-0.4, -0.2) is 35.7 Å². The zero-order valence-corrected chi connectivity index (χ0v) is 18.6. The molecule has 8 nitrogen and oxygen atoms in total. The number of alkyl carbamates (subject to hydrolysis) is 1. The van der Waals surface area contributed by atoms with E-state index in [2.05, 4.69) is 10.6 Å². The number of ether oxygens (including phenoxy) is 1. The maximum absolute atomic E-state index is 12.4. The van der Waals surface area contributed by atoms with Crippen molar-refractivity contribution in [1.29, 1.82) is 0 Å². The van der Waals surface area contributed by atoms with Gasteiger partial charge in [-0.2, -0.15) is 0 Å². The Kier molecular flexibility index (Phi) is 8.76. The highest BCUT2D eigenvalue weighted by molar-refractivity contribution is 5.95. The van der Waals surface area contributed by atoms with Crippen LogP contribution in [0.15, 0.2) is 78.9 Å². The van der Waals surface area contributed by atoms with Crippen molar-refractivity contribution in [2.24, 2.45) is 5.73 Å². The van der Waals surface area contributed by atoms with Crippen molar-refractivity contribution in [2.75, 3.05) is 11.9 Å². The van der Waals surface area contributed by atoms with Crippen molar-refractivity contribution >= 4 is 23.7 Å². The summed E-state index contributed by atoms with van der Waals surface area (Å²) in [7, 11) is 0. The van der Waals surface area contributed by atoms with E-state index in [0.717, 1.165) is 16.7 Å². The monoisotopic (exact) mass is 461 g/mol. The lowest BCUT2D eigenvalue weighted by Crippen LogP contribution is -2.36. The minimum absolute atomic E-state index is 0.193. The maximum atomic E-state index is 12.4. The van der Waals surface area contributed by atoms with Crippen molar-refractivity contribution in [1.82, 2.24) is 5.32 Å². The summed E-state index contributed by atoms with van der Waals surface area (Å²) in [5.41, 5.74) is 9.26. The second kappa shape index (κ2) is 12.2. The van der Waals surface area contributed by atoms with Gasteiger partial charge in [-0.3, -0.25) is 4.79 Å². The highest BCUT2D eigenvalue weighted by Gasteiger charge is 2.14. The molecule has 0 spiro atoms. The summed E-state index contributed by atoms with van der Waals surface area (Å²) in [6.45, 7) is 0.539. The molecule has 34 heavy (non-hydrogen) atoms. The number of aromatic carboxylic acids is 1. The van der Waals surface area contributed by atoms with Crippen LogP contribution < -0.4 is 16.4 Å². The predicted molar refractivity (Wildman–Crippen MR) is 129 cm³/mol. The lowest BCUT2D eigenvalue weighted by Gasteiger charge is -2.13. The highest BCUT2D eigenvalue weighted by atomic mass is 16.5. The Bertz CT molecular complexity index is 1120. The molecule has 176 valence electrons. The average molecular weight is 462 g/mol. The summed E-state index contributed by atoms with van der Waals surface area (Å²) in [5.74, 6) is -1.31. The Balaban J connectivity index is 1.39. The molecule has 8 heteroatoms. The number of hydrogen-bond acceptors (Lipinski definition) is 5. The topological polar surface area (TPSA) is 131 Å². The minimum atomic E-state index is -0.987. The van der Waals surface area contributed by atoms with Gasteiger partial charge in [0.25, 0.3) is 0 Å². The lowest BCUT2D eigenvalue weighted by molar-refractivity contribution is -0.117. The van der Waals surface area contributed by atoms with E-state index >= 15 is 0 Å². The van der Waals surface area contributed by atoms with Crippen LogP contribution in [0, 0.1) is 0 Å². The molecule has 0 aromatic heterocycles. The van der Waals surface area contributed by atoms with Crippen LogP contribution in [-0.2, 0) is 16.1 Å². The number of carboxylic acids is 1. The van der Waals surface area contributed by atoms with E-state index in [1.807, 2.05) is 36.4 Å². The summed E-state index contributed by atoms with van der Waals surface area (Å²) < 4.78 is 5.13. The number of carboxylic acid groups (broad SMARTS) is 1. The largest absolute Gasteiger partial charge is 0.478 e. The Morgan fingerprint density at radius 3 is 2.35 bits per heavy atom. The number of benzene rings is 3. The number of hydrogen-bond donors (Lipinski definition) is 4. The zero-order chi connectivity index (χ0) is 24.3. The molecule has 0 aliphatic rings. The Morgan fingerprint density at radius 2 is 1.65 bits per heavy atom. The normalized spacial score (nSPS) is 11.3. The van der Waals surface area contributed by atoms with Crippen LogP contribution in [0.2, 0.25) is 0 Å². The zero-order valence-electron chi connectivity index (χ0n) is 18.6. The van der Waals surface area contributed by atoms with Gasteiger partial charge in [0.2, 0.25) is 5.91 Å². The molecule has 3 aromatic carbocycles. The smallest absolute Gasteiger partial charge is 0.407 e. The van der Waals surface area contributed by atoms with Gasteiger partial charge in [-0.05, 0) is 53.8 Å². The molecule has 0 saturated heterocycles. The number of carbonyl (C=O) groups excluding carboxylic acids is 2. The van der Waals surface area contributed by atoms with Crippen molar-refractivity contribution in [3.8, 4) is 11.1 Å². The Hall–Kier alpha value is -4.17. The van der Waals surface area contributed by atoms with Crippen molar-refractivity contribution in [3.63, 3.8) is 0 Å². The van der Waals surface area contributed by atoms with E-state index in [1.54, 1.807) is 36.4 Å². The summed E-state index contributed by atoms with van der Waals surface area (Å²) in [6, 6.07) is 22.3. The van der Waals surface area contributed by atoms with Crippen LogP contribution in [0.25, 0.3) is 11.1 Å². The first-order valence-electron chi connectivity index (χ1n) is 10.9. The molecule has 0 saturated carbocycles. The fourth-order valence-electron chi connectivity index (χ4n) is 3.23. The quantitative estimate of drug-likeness (QED) is 0.337. The van der Waals surface area contributed by atoms with Gasteiger partial charge in [-0.15, -0.1) is 0 Å². The van der Waals surface area contributed by atoms with Gasteiger partial charge in [0.05, 0.1) is 11.6 Å². The third-order valence-electron chi connectivity index (χ3n) is 5.11. The lowest BCUT2D eigenvalue weighted by atomic mass is 10.0. The van der Waals surface area contributed by atoms with E-state index in [-0.39, 0.29) is 18.1 Å². The van der Waals surface area contributed by atoms with Gasteiger partial charge in [0, 0.05) is 12.2 Å². The molecule has 3 rings (SSSR count). The molecular formula is C26H27N3O5. The molecule has 0 heterocycles. The van der Waals surface area contributed by atoms with Crippen molar-refractivity contribution in [3.05, 3.63) is 90.0 Å². The number of nitrogens with two attached hydrogens (primary N) is 1. The molecule has 2 amide bonds. The van der Waals surface area contributed by atoms with E-state index in [9.17, 15) is 14.4 Å². The molecule has 5 N–H and O–H groups in total. The third kappa shape index (κ3) is 7.46. The van der Waals surface area contributed by atoms with Crippen LogP contribution in [0.5, 0.6) is 0 Å². The molecule has 3 aromatic rings. The molecule has 0 aliphatic heterocycles. The molecule has 0 bridgehead atoms. The molecule has 1 atom stereocenters. The predicted octanol–water partition coefficient (Wildman–Crippen LogP) is 4.02. The summed E-state index contributed by atoms with van der Waals surface area (Å²) in [5, 5.41) is 14.5. The number of anilines is 1. The third-order valence-corrected chi connectivity index (χ3v) is 5.11. The molecule has 0 aliphatic carbocycles. The summed E-state index contributed by atoms with van der Waals surface area (Å²) >= 11 is 0. The second-order valence-electron chi connectivity index (χ2n) is 7.69. The maximum Gasteiger partial charge on any atom is 0.407 e. The fourth-order valence-corrected chi connectivity index (χ4v) is 3.23. The molecular weight excluding hydrogens is 434 g/mol. The van der Waals surface area contributed by atoms with Gasteiger partial charge in [-0.25, -0.2) is 9.59 Å². The highest BCUT2D eigenvalue weighted by Crippen LogP contribution is 2.22. The summed E-state index contributed by atoms with van der Waals surface area (Å²) in [6.07, 6.45) is 0.398. The molecule has 0 fully saturated rings. The van der Waals surface area contributed by atoms with Gasteiger partial charge in [0.1, 0.15) is 6.61 Å². The van der Waals surface area contributed by atoms with Crippen LogP contribution >= 0.6 is 0 Å². The van der Waals surface area contributed by atoms with Gasteiger partial charge in [-0.1, -0.05) is 54.6 Å². The van der Waals surface area contributed by atoms with Gasteiger partial charge < -0.3 is 26.2 Å². The molecule has 0 radical (unpaired) electrons.